The molecule has 0 saturated carbocycles. The smallest absolute Gasteiger partial charge is 0.321 e. The number of azide groups is 1. The monoisotopic (exact) mass is 249 g/mol. The van der Waals surface area contributed by atoms with Crippen LogP contribution in [-0.4, -0.2) is 34.6 Å². The maximum atomic E-state index is 8.44. The van der Waals surface area contributed by atoms with Crippen LogP contribution in [-0.2, 0) is 0 Å². The van der Waals surface area contributed by atoms with E-state index in [2.05, 4.69) is 36.8 Å². The fourth-order valence-corrected chi connectivity index (χ4v) is 2.04. The lowest BCUT2D eigenvalue weighted by Crippen LogP contribution is -2.38. The summed E-state index contributed by atoms with van der Waals surface area (Å²) in [7, 11) is 1.47. The Bertz CT molecular complexity index is 471. The minimum absolute atomic E-state index is 0.0390. The van der Waals surface area contributed by atoms with Gasteiger partial charge < -0.3 is 9.64 Å². The quantitative estimate of drug-likeness (QED) is 0.464. The van der Waals surface area contributed by atoms with Gasteiger partial charge in [-0.15, -0.1) is 0 Å². The summed E-state index contributed by atoms with van der Waals surface area (Å²) in [6.45, 7) is 3.02. The lowest BCUT2D eigenvalue weighted by Gasteiger charge is -2.33. The molecule has 2 heterocycles. The zero-order chi connectivity index (χ0) is 13.0. The standard InChI is InChI=1S/C10H15N7O/c1-7-5-3-4-6-17(7)9-12-8(15-16-11)13-10(14-9)18-2/h7H,3-6H2,1-2H3. The Balaban J connectivity index is 2.35. The van der Waals surface area contributed by atoms with E-state index in [1.165, 1.54) is 13.5 Å². The second-order valence-electron chi connectivity index (χ2n) is 4.15. The molecule has 1 aromatic rings. The molecule has 0 radical (unpaired) electrons. The van der Waals surface area contributed by atoms with E-state index < -0.39 is 0 Å². The molecule has 1 aliphatic heterocycles. The second kappa shape index (κ2) is 5.50. The number of aromatic nitrogens is 3. The zero-order valence-electron chi connectivity index (χ0n) is 10.4. The van der Waals surface area contributed by atoms with Crippen LogP contribution in [0.5, 0.6) is 6.01 Å². The number of piperidine rings is 1. The lowest BCUT2D eigenvalue weighted by atomic mass is 10.0. The molecule has 1 fully saturated rings. The number of rotatable bonds is 3. The van der Waals surface area contributed by atoms with E-state index in [-0.39, 0.29) is 12.0 Å². The lowest BCUT2D eigenvalue weighted by molar-refractivity contribution is 0.376. The van der Waals surface area contributed by atoms with Crippen molar-refractivity contribution < 1.29 is 4.74 Å². The molecule has 1 unspecified atom stereocenters. The molecule has 8 nitrogen and oxygen atoms in total. The fourth-order valence-electron chi connectivity index (χ4n) is 2.04. The summed E-state index contributed by atoms with van der Waals surface area (Å²) < 4.78 is 5.00. The van der Waals surface area contributed by atoms with Gasteiger partial charge in [-0.1, -0.05) is 0 Å². The average Bonchev–Trinajstić information content (AvgIpc) is 2.39. The molecular weight excluding hydrogens is 234 g/mol. The Morgan fingerprint density at radius 2 is 2.22 bits per heavy atom. The van der Waals surface area contributed by atoms with Crippen LogP contribution in [0, 0.1) is 0 Å². The first kappa shape index (κ1) is 12.4. The van der Waals surface area contributed by atoms with Crippen molar-refractivity contribution in [3.63, 3.8) is 0 Å². The van der Waals surface area contributed by atoms with Crippen molar-refractivity contribution in [1.29, 1.82) is 0 Å². The van der Waals surface area contributed by atoms with E-state index in [0.29, 0.717) is 12.0 Å². The van der Waals surface area contributed by atoms with E-state index in [0.717, 1.165) is 19.4 Å². The third-order valence-corrected chi connectivity index (χ3v) is 2.97. The normalized spacial score (nSPS) is 19.2. The van der Waals surface area contributed by atoms with Crippen molar-refractivity contribution >= 4 is 11.9 Å². The minimum atomic E-state index is 0.0390. The molecule has 8 heteroatoms. The summed E-state index contributed by atoms with van der Waals surface area (Å²) in [6, 6.07) is 0.532. The summed E-state index contributed by atoms with van der Waals surface area (Å²) >= 11 is 0. The van der Waals surface area contributed by atoms with E-state index >= 15 is 0 Å². The Morgan fingerprint density at radius 3 is 2.89 bits per heavy atom. The zero-order valence-corrected chi connectivity index (χ0v) is 10.4. The predicted molar refractivity (Wildman–Crippen MR) is 65.8 cm³/mol. The molecule has 1 aliphatic rings. The predicted octanol–water partition coefficient (Wildman–Crippen LogP) is 2.20. The van der Waals surface area contributed by atoms with E-state index in [1.807, 2.05) is 0 Å². The number of nitrogens with zero attached hydrogens (tertiary/aromatic N) is 7. The highest BCUT2D eigenvalue weighted by Gasteiger charge is 2.22. The van der Waals surface area contributed by atoms with Crippen molar-refractivity contribution in [3.8, 4) is 6.01 Å². The third-order valence-electron chi connectivity index (χ3n) is 2.97. The van der Waals surface area contributed by atoms with E-state index in [1.54, 1.807) is 0 Å². The topological polar surface area (TPSA) is 99.9 Å². The Labute approximate surface area is 105 Å². The molecule has 18 heavy (non-hydrogen) atoms. The van der Waals surface area contributed by atoms with E-state index in [4.69, 9.17) is 10.3 Å². The summed E-state index contributed by atoms with van der Waals surface area (Å²) in [5, 5.41) is 3.41. The van der Waals surface area contributed by atoms with Crippen LogP contribution >= 0.6 is 0 Å². The molecule has 0 spiro atoms. The summed E-state index contributed by atoms with van der Waals surface area (Å²) in [6.07, 6.45) is 3.42. The number of anilines is 1. The maximum Gasteiger partial charge on any atom is 0.321 e. The van der Waals surface area contributed by atoms with E-state index in [9.17, 15) is 0 Å². The number of ether oxygens (including phenoxy) is 1. The van der Waals surface area contributed by atoms with Gasteiger partial charge in [-0.3, -0.25) is 0 Å². The van der Waals surface area contributed by atoms with Crippen molar-refractivity contribution in [2.75, 3.05) is 18.6 Å². The van der Waals surface area contributed by atoms with Crippen LogP contribution in [0.25, 0.3) is 10.4 Å². The van der Waals surface area contributed by atoms with Gasteiger partial charge in [-0.05, 0) is 36.8 Å². The Morgan fingerprint density at radius 1 is 1.39 bits per heavy atom. The van der Waals surface area contributed by atoms with Crippen molar-refractivity contribution in [1.82, 2.24) is 15.0 Å². The van der Waals surface area contributed by atoms with Crippen LogP contribution in [0.2, 0.25) is 0 Å². The molecule has 0 bridgehead atoms. The van der Waals surface area contributed by atoms with Crippen LogP contribution in [0.3, 0.4) is 0 Å². The minimum Gasteiger partial charge on any atom is -0.467 e. The molecule has 1 saturated heterocycles. The molecule has 2 rings (SSSR count). The molecule has 1 aromatic heterocycles. The Kier molecular flexibility index (Phi) is 3.78. The highest BCUT2D eigenvalue weighted by molar-refractivity contribution is 5.37. The first-order valence-corrected chi connectivity index (χ1v) is 5.86. The highest BCUT2D eigenvalue weighted by Crippen LogP contribution is 2.24. The van der Waals surface area contributed by atoms with Crippen LogP contribution in [0.4, 0.5) is 11.9 Å². The molecule has 0 N–H and O–H groups in total. The molecule has 0 aromatic carbocycles. The SMILES string of the molecule is COc1nc(N=[N+]=[N-])nc(N2CCCCC2C)n1. The molecule has 0 aliphatic carbocycles. The molecular formula is C10H15N7O. The van der Waals surface area contributed by atoms with Gasteiger partial charge in [0.1, 0.15) is 0 Å². The summed E-state index contributed by atoms with van der Waals surface area (Å²) in [5.41, 5.74) is 8.44. The summed E-state index contributed by atoms with van der Waals surface area (Å²) in [5.74, 6) is 0.550. The highest BCUT2D eigenvalue weighted by atomic mass is 16.5. The van der Waals surface area contributed by atoms with Crippen LogP contribution in [0.15, 0.2) is 5.11 Å². The van der Waals surface area contributed by atoms with Gasteiger partial charge >= 0.3 is 6.01 Å². The van der Waals surface area contributed by atoms with Gasteiger partial charge in [0, 0.05) is 17.5 Å². The number of methoxy groups -OCH3 is 1. The third kappa shape index (κ3) is 2.60. The Hall–Kier alpha value is -2.08. The maximum absolute atomic E-state index is 8.44. The summed E-state index contributed by atoms with van der Waals surface area (Å²) in [4.78, 5) is 17.0. The molecule has 1 atom stereocenters. The van der Waals surface area contributed by atoms with Gasteiger partial charge in [0.15, 0.2) is 0 Å². The number of hydrogen-bond donors (Lipinski definition) is 0. The van der Waals surface area contributed by atoms with Crippen molar-refractivity contribution in [2.24, 2.45) is 5.11 Å². The largest absolute Gasteiger partial charge is 0.467 e. The first-order chi connectivity index (χ1) is 8.74. The average molecular weight is 249 g/mol. The second-order valence-corrected chi connectivity index (χ2v) is 4.15. The molecule has 0 amide bonds. The van der Waals surface area contributed by atoms with Crippen LogP contribution < -0.4 is 9.64 Å². The first-order valence-electron chi connectivity index (χ1n) is 5.86. The van der Waals surface area contributed by atoms with Gasteiger partial charge in [0.25, 0.3) is 0 Å². The molecule has 96 valence electrons. The van der Waals surface area contributed by atoms with Crippen molar-refractivity contribution in [3.05, 3.63) is 10.4 Å². The number of hydrogen-bond acceptors (Lipinski definition) is 6. The van der Waals surface area contributed by atoms with Gasteiger partial charge in [0.05, 0.1) is 7.11 Å². The van der Waals surface area contributed by atoms with Crippen molar-refractivity contribution in [2.45, 2.75) is 32.2 Å². The van der Waals surface area contributed by atoms with Crippen LogP contribution in [0.1, 0.15) is 26.2 Å². The van der Waals surface area contributed by atoms with Gasteiger partial charge in [-0.2, -0.15) is 15.0 Å². The fraction of sp³-hybridized carbons (Fsp3) is 0.700. The van der Waals surface area contributed by atoms with Gasteiger partial charge in [0.2, 0.25) is 11.9 Å². The van der Waals surface area contributed by atoms with Gasteiger partial charge in [-0.25, -0.2) is 0 Å².